The predicted octanol–water partition coefficient (Wildman–Crippen LogP) is 3.59. The van der Waals surface area contributed by atoms with Gasteiger partial charge in [-0.15, -0.1) is 11.3 Å². The molecule has 0 amide bonds. The molecule has 1 aromatic heterocycles. The molecule has 2 nitrogen and oxygen atoms in total. The molecule has 2 heterocycles. The second-order valence-corrected chi connectivity index (χ2v) is 4.48. The van der Waals surface area contributed by atoms with Crippen LogP contribution in [0.3, 0.4) is 0 Å². The van der Waals surface area contributed by atoms with Gasteiger partial charge < -0.3 is 10.6 Å². The minimum Gasteiger partial charge on any atom is -0.353 e. The van der Waals surface area contributed by atoms with Crippen molar-refractivity contribution in [1.29, 1.82) is 0 Å². The van der Waals surface area contributed by atoms with Crippen LogP contribution in [0.15, 0.2) is 35.0 Å². The Morgan fingerprint density at radius 1 is 0.933 bits per heavy atom. The number of thiophene rings is 1. The predicted molar refractivity (Wildman–Crippen MR) is 69.4 cm³/mol. The van der Waals surface area contributed by atoms with Gasteiger partial charge in [-0.25, -0.2) is 0 Å². The molecule has 15 heavy (non-hydrogen) atoms. The van der Waals surface area contributed by atoms with Crippen LogP contribution in [-0.2, 0) is 0 Å². The Hall–Kier alpha value is -1.39. The SMILES string of the molecule is S=C1Nc2ccccc2Nc2cscc21. The van der Waals surface area contributed by atoms with Gasteiger partial charge in [0, 0.05) is 16.3 Å². The third-order valence-corrected chi connectivity index (χ3v) is 3.42. The first kappa shape index (κ1) is 8.88. The molecule has 4 heteroatoms. The third kappa shape index (κ3) is 1.42. The molecule has 2 N–H and O–H groups in total. The molecule has 0 aliphatic carbocycles. The molecule has 74 valence electrons. The van der Waals surface area contributed by atoms with Crippen LogP contribution in [0, 0.1) is 0 Å². The molecule has 0 unspecified atom stereocenters. The lowest BCUT2D eigenvalue weighted by molar-refractivity contribution is 1.59. The van der Waals surface area contributed by atoms with Crippen molar-refractivity contribution >= 4 is 45.6 Å². The molecule has 0 fully saturated rings. The Morgan fingerprint density at radius 3 is 2.47 bits per heavy atom. The first-order valence-corrected chi connectivity index (χ1v) is 5.93. The fraction of sp³-hybridized carbons (Fsp3) is 0. The molecule has 1 aromatic carbocycles. The lowest BCUT2D eigenvalue weighted by Gasteiger charge is -2.07. The Kier molecular flexibility index (Phi) is 1.97. The highest BCUT2D eigenvalue weighted by atomic mass is 32.1. The quantitative estimate of drug-likeness (QED) is 0.679. The average Bonchev–Trinajstić information content (AvgIpc) is 2.64. The minimum absolute atomic E-state index is 0.781. The van der Waals surface area contributed by atoms with E-state index in [1.165, 1.54) is 0 Å². The van der Waals surface area contributed by atoms with E-state index in [-0.39, 0.29) is 0 Å². The largest absolute Gasteiger partial charge is 0.353 e. The van der Waals surface area contributed by atoms with Gasteiger partial charge in [0.15, 0.2) is 0 Å². The zero-order chi connectivity index (χ0) is 10.3. The molecule has 0 bridgehead atoms. The monoisotopic (exact) mass is 232 g/mol. The van der Waals surface area contributed by atoms with Crippen molar-refractivity contribution in [3.63, 3.8) is 0 Å². The highest BCUT2D eigenvalue weighted by Gasteiger charge is 2.15. The Morgan fingerprint density at radius 2 is 1.67 bits per heavy atom. The summed E-state index contributed by atoms with van der Waals surface area (Å²) in [6.07, 6.45) is 0. The number of anilines is 3. The Balaban J connectivity index is 2.18. The van der Waals surface area contributed by atoms with Crippen LogP contribution in [0.2, 0.25) is 0 Å². The molecule has 0 saturated heterocycles. The number of nitrogens with one attached hydrogen (secondary N) is 2. The summed E-state index contributed by atoms with van der Waals surface area (Å²) in [4.78, 5) is 0.781. The third-order valence-electron chi connectivity index (χ3n) is 2.35. The maximum absolute atomic E-state index is 5.33. The zero-order valence-electron chi connectivity index (χ0n) is 7.78. The van der Waals surface area contributed by atoms with E-state index in [9.17, 15) is 0 Å². The summed E-state index contributed by atoms with van der Waals surface area (Å²) in [7, 11) is 0. The fourth-order valence-corrected chi connectivity index (χ4v) is 2.73. The van der Waals surface area contributed by atoms with E-state index in [4.69, 9.17) is 12.2 Å². The smallest absolute Gasteiger partial charge is 0.113 e. The van der Waals surface area contributed by atoms with Crippen LogP contribution in [-0.4, -0.2) is 4.99 Å². The van der Waals surface area contributed by atoms with Crippen LogP contribution in [0.5, 0.6) is 0 Å². The molecule has 1 aliphatic heterocycles. The van der Waals surface area contributed by atoms with Crippen molar-refractivity contribution in [3.8, 4) is 0 Å². The summed E-state index contributed by atoms with van der Waals surface area (Å²) in [5, 5.41) is 10.7. The molecule has 0 radical (unpaired) electrons. The first-order valence-electron chi connectivity index (χ1n) is 4.58. The van der Waals surface area contributed by atoms with Crippen LogP contribution in [0.4, 0.5) is 17.1 Å². The van der Waals surface area contributed by atoms with Gasteiger partial charge in [-0.2, -0.15) is 0 Å². The van der Waals surface area contributed by atoms with E-state index in [0.29, 0.717) is 0 Å². The highest BCUT2D eigenvalue weighted by molar-refractivity contribution is 7.81. The minimum atomic E-state index is 0.781. The average molecular weight is 232 g/mol. The summed E-state index contributed by atoms with van der Waals surface area (Å²) < 4.78 is 0. The normalized spacial score (nSPS) is 13.2. The van der Waals surface area contributed by atoms with E-state index < -0.39 is 0 Å². The molecule has 0 spiro atoms. The van der Waals surface area contributed by atoms with Crippen LogP contribution < -0.4 is 10.6 Å². The van der Waals surface area contributed by atoms with Gasteiger partial charge in [-0.1, -0.05) is 24.4 Å². The first-order chi connectivity index (χ1) is 7.34. The van der Waals surface area contributed by atoms with E-state index in [0.717, 1.165) is 27.6 Å². The van der Waals surface area contributed by atoms with Crippen molar-refractivity contribution in [3.05, 3.63) is 40.6 Å². The summed E-state index contributed by atoms with van der Waals surface area (Å²) in [6.45, 7) is 0. The lowest BCUT2D eigenvalue weighted by Crippen LogP contribution is -2.07. The topological polar surface area (TPSA) is 24.1 Å². The number of rotatable bonds is 0. The molecule has 0 atom stereocenters. The van der Waals surface area contributed by atoms with Crippen LogP contribution in [0.1, 0.15) is 5.56 Å². The molecular weight excluding hydrogens is 224 g/mol. The van der Waals surface area contributed by atoms with E-state index in [1.807, 2.05) is 24.3 Å². The van der Waals surface area contributed by atoms with Crippen LogP contribution in [0.25, 0.3) is 0 Å². The van der Waals surface area contributed by atoms with Crippen molar-refractivity contribution in [2.45, 2.75) is 0 Å². The van der Waals surface area contributed by atoms with E-state index >= 15 is 0 Å². The molecule has 0 saturated carbocycles. The van der Waals surface area contributed by atoms with Gasteiger partial charge in [0.1, 0.15) is 4.99 Å². The van der Waals surface area contributed by atoms with Gasteiger partial charge in [-0.3, -0.25) is 0 Å². The van der Waals surface area contributed by atoms with Gasteiger partial charge >= 0.3 is 0 Å². The number of para-hydroxylation sites is 2. The zero-order valence-corrected chi connectivity index (χ0v) is 9.41. The molecular formula is C11H8N2S2. The number of fused-ring (bicyclic) bond motifs is 2. The second-order valence-electron chi connectivity index (χ2n) is 3.32. The van der Waals surface area contributed by atoms with E-state index in [1.54, 1.807) is 11.3 Å². The lowest BCUT2D eigenvalue weighted by atomic mass is 10.2. The Labute approximate surface area is 96.9 Å². The van der Waals surface area contributed by atoms with Crippen molar-refractivity contribution < 1.29 is 0 Å². The van der Waals surface area contributed by atoms with Gasteiger partial charge in [-0.05, 0) is 12.1 Å². The second kappa shape index (κ2) is 3.32. The molecule has 2 aromatic rings. The number of hydrogen-bond acceptors (Lipinski definition) is 3. The van der Waals surface area contributed by atoms with Gasteiger partial charge in [0.05, 0.1) is 17.1 Å². The number of thiocarbonyl (C=S) groups is 1. The van der Waals surface area contributed by atoms with E-state index in [2.05, 4.69) is 21.4 Å². The summed E-state index contributed by atoms with van der Waals surface area (Å²) in [5.74, 6) is 0. The van der Waals surface area contributed by atoms with Crippen molar-refractivity contribution in [1.82, 2.24) is 0 Å². The van der Waals surface area contributed by atoms with Gasteiger partial charge in [0.2, 0.25) is 0 Å². The van der Waals surface area contributed by atoms with Crippen molar-refractivity contribution in [2.24, 2.45) is 0 Å². The highest BCUT2D eigenvalue weighted by Crippen LogP contribution is 2.33. The maximum atomic E-state index is 5.33. The Bertz CT molecular complexity index is 531. The van der Waals surface area contributed by atoms with Gasteiger partial charge in [0.25, 0.3) is 0 Å². The van der Waals surface area contributed by atoms with Crippen molar-refractivity contribution in [2.75, 3.05) is 10.6 Å². The maximum Gasteiger partial charge on any atom is 0.113 e. The standard InChI is InChI=1S/C11H8N2S2/c14-11-7-5-15-6-10(7)12-8-3-1-2-4-9(8)13-11/h1-6,12H,(H,13,14). The van der Waals surface area contributed by atoms with Crippen LogP contribution >= 0.6 is 23.6 Å². The number of benzene rings is 1. The number of hydrogen-bond donors (Lipinski definition) is 2. The summed E-state index contributed by atoms with van der Waals surface area (Å²) in [6, 6.07) is 8.06. The fourth-order valence-electron chi connectivity index (χ4n) is 1.61. The molecule has 3 rings (SSSR count). The molecule has 1 aliphatic rings. The summed E-state index contributed by atoms with van der Waals surface area (Å²) in [5.41, 5.74) is 4.26. The summed E-state index contributed by atoms with van der Waals surface area (Å²) >= 11 is 6.99.